The van der Waals surface area contributed by atoms with Crippen LogP contribution in [0.3, 0.4) is 0 Å². The number of hydrogen-bond donors (Lipinski definition) is 2. The van der Waals surface area contributed by atoms with Crippen molar-refractivity contribution in [3.8, 4) is 0 Å². The Morgan fingerprint density at radius 2 is 1.87 bits per heavy atom. The number of halogens is 1. The van der Waals surface area contributed by atoms with Crippen LogP contribution in [0.25, 0.3) is 0 Å². The zero-order chi connectivity index (χ0) is 15.4. The van der Waals surface area contributed by atoms with E-state index in [0.717, 1.165) is 50.9 Å². The van der Waals surface area contributed by atoms with Crippen molar-refractivity contribution in [1.82, 2.24) is 20.4 Å². The van der Waals surface area contributed by atoms with Gasteiger partial charge in [-0.2, -0.15) is 0 Å². The number of carbonyl (C=O) groups excluding carboxylic acids is 1. The Morgan fingerprint density at radius 3 is 2.52 bits per heavy atom. The molecule has 1 atom stereocenters. The summed E-state index contributed by atoms with van der Waals surface area (Å²) >= 11 is 0. The molecule has 3 fully saturated rings. The Hall–Kier alpha value is -0.570. The first kappa shape index (κ1) is 18.8. The van der Waals surface area contributed by atoms with Gasteiger partial charge in [0, 0.05) is 45.3 Å². The van der Waals surface area contributed by atoms with Crippen molar-refractivity contribution in [3.05, 3.63) is 0 Å². The Labute approximate surface area is 156 Å². The summed E-state index contributed by atoms with van der Waals surface area (Å²) in [6, 6.07) is 1.29. The van der Waals surface area contributed by atoms with Gasteiger partial charge in [0.1, 0.15) is 0 Å². The molecule has 2 N–H and O–H groups in total. The lowest BCUT2D eigenvalue weighted by Gasteiger charge is -2.27. The minimum Gasteiger partial charge on any atom is -0.352 e. The number of rotatable bonds is 4. The molecule has 0 aromatic carbocycles. The van der Waals surface area contributed by atoms with E-state index in [-0.39, 0.29) is 29.9 Å². The number of carbonyl (C=O) groups is 1. The molecule has 3 rings (SSSR count). The molecule has 0 spiro atoms. The summed E-state index contributed by atoms with van der Waals surface area (Å²) in [6.45, 7) is 4.45. The van der Waals surface area contributed by atoms with Gasteiger partial charge in [-0.15, -0.1) is 24.0 Å². The molecule has 0 bridgehead atoms. The first-order valence-corrected chi connectivity index (χ1v) is 8.75. The van der Waals surface area contributed by atoms with E-state index in [9.17, 15) is 4.79 Å². The summed E-state index contributed by atoms with van der Waals surface area (Å²) < 4.78 is 0. The molecular formula is C16H30IN5O. The molecule has 0 radical (unpaired) electrons. The molecular weight excluding hydrogens is 405 g/mol. The molecule has 6 nitrogen and oxygen atoms in total. The Morgan fingerprint density at radius 1 is 1.13 bits per heavy atom. The fraction of sp³-hybridized carbons (Fsp3) is 0.875. The van der Waals surface area contributed by atoms with E-state index in [1.54, 1.807) is 7.05 Å². The minimum atomic E-state index is 0. The van der Waals surface area contributed by atoms with Gasteiger partial charge in [0.05, 0.1) is 6.54 Å². The van der Waals surface area contributed by atoms with Gasteiger partial charge < -0.3 is 15.5 Å². The van der Waals surface area contributed by atoms with Crippen molar-refractivity contribution in [2.45, 2.75) is 50.6 Å². The third-order valence-corrected chi connectivity index (χ3v) is 4.96. The molecule has 1 amide bonds. The monoisotopic (exact) mass is 435 g/mol. The standard InChI is InChI=1S/C16H29N5O.HI/c1-17-16(18-11-15(22)20-8-3-2-4-9-20)19-13-7-10-21(12-13)14-5-6-14;/h13-14H,2-12H2,1H3,(H2,17,18,19);1H. The van der Waals surface area contributed by atoms with Gasteiger partial charge in [0.2, 0.25) is 5.91 Å². The van der Waals surface area contributed by atoms with Crippen LogP contribution < -0.4 is 10.6 Å². The number of nitrogens with one attached hydrogen (secondary N) is 2. The molecule has 0 aromatic rings. The maximum absolute atomic E-state index is 12.2. The molecule has 0 aromatic heterocycles. The number of piperidine rings is 1. The van der Waals surface area contributed by atoms with Crippen molar-refractivity contribution >= 4 is 35.8 Å². The van der Waals surface area contributed by atoms with Crippen LogP contribution in [-0.2, 0) is 4.79 Å². The molecule has 3 aliphatic rings. The second-order valence-corrected chi connectivity index (χ2v) is 6.72. The van der Waals surface area contributed by atoms with E-state index in [4.69, 9.17) is 0 Å². The number of guanidine groups is 1. The van der Waals surface area contributed by atoms with Crippen LogP contribution >= 0.6 is 24.0 Å². The van der Waals surface area contributed by atoms with Crippen LogP contribution in [-0.4, -0.2) is 73.5 Å². The van der Waals surface area contributed by atoms with Gasteiger partial charge in [0.15, 0.2) is 5.96 Å². The normalized spacial score (nSPS) is 25.9. The zero-order valence-corrected chi connectivity index (χ0v) is 16.4. The second-order valence-electron chi connectivity index (χ2n) is 6.72. The fourth-order valence-corrected chi connectivity index (χ4v) is 3.48. The summed E-state index contributed by atoms with van der Waals surface area (Å²) in [6.07, 6.45) is 7.42. The van der Waals surface area contributed by atoms with Crippen molar-refractivity contribution in [3.63, 3.8) is 0 Å². The van der Waals surface area contributed by atoms with E-state index in [1.165, 1.54) is 25.8 Å². The third kappa shape index (κ3) is 5.48. The van der Waals surface area contributed by atoms with Gasteiger partial charge in [-0.3, -0.25) is 14.7 Å². The highest BCUT2D eigenvalue weighted by atomic mass is 127. The number of hydrogen-bond acceptors (Lipinski definition) is 3. The van der Waals surface area contributed by atoms with E-state index in [2.05, 4.69) is 20.5 Å². The van der Waals surface area contributed by atoms with Crippen LogP contribution in [0.15, 0.2) is 4.99 Å². The zero-order valence-electron chi connectivity index (χ0n) is 14.1. The predicted octanol–water partition coefficient (Wildman–Crippen LogP) is 1.02. The first-order valence-electron chi connectivity index (χ1n) is 8.75. The average molecular weight is 435 g/mol. The summed E-state index contributed by atoms with van der Waals surface area (Å²) in [5, 5.41) is 6.65. The number of amides is 1. The van der Waals surface area contributed by atoms with Crippen LogP contribution in [0.1, 0.15) is 38.5 Å². The fourth-order valence-electron chi connectivity index (χ4n) is 3.48. The quantitative estimate of drug-likeness (QED) is 0.394. The molecule has 1 aliphatic carbocycles. The molecule has 132 valence electrons. The SMILES string of the molecule is CN=C(NCC(=O)N1CCCCC1)NC1CCN(C2CC2)C1.I. The van der Waals surface area contributed by atoms with E-state index >= 15 is 0 Å². The molecule has 2 heterocycles. The average Bonchev–Trinajstić information content (AvgIpc) is 3.31. The summed E-state index contributed by atoms with van der Waals surface area (Å²) in [7, 11) is 1.77. The molecule has 23 heavy (non-hydrogen) atoms. The highest BCUT2D eigenvalue weighted by molar-refractivity contribution is 14.0. The van der Waals surface area contributed by atoms with Crippen molar-refractivity contribution in [2.75, 3.05) is 39.8 Å². The number of nitrogens with zero attached hydrogens (tertiary/aromatic N) is 3. The molecule has 2 saturated heterocycles. The highest BCUT2D eigenvalue weighted by Crippen LogP contribution is 2.29. The maximum atomic E-state index is 12.2. The van der Waals surface area contributed by atoms with Gasteiger partial charge >= 0.3 is 0 Å². The largest absolute Gasteiger partial charge is 0.352 e. The summed E-state index contributed by atoms with van der Waals surface area (Å²) in [5.74, 6) is 0.946. The highest BCUT2D eigenvalue weighted by Gasteiger charge is 2.34. The number of likely N-dealkylation sites (tertiary alicyclic amines) is 2. The van der Waals surface area contributed by atoms with Crippen molar-refractivity contribution < 1.29 is 4.79 Å². The van der Waals surface area contributed by atoms with E-state index in [1.807, 2.05) is 4.90 Å². The minimum absolute atomic E-state index is 0. The summed E-state index contributed by atoms with van der Waals surface area (Å²) in [4.78, 5) is 21.0. The van der Waals surface area contributed by atoms with Gasteiger partial charge in [0.25, 0.3) is 0 Å². The lowest BCUT2D eigenvalue weighted by atomic mass is 10.1. The van der Waals surface area contributed by atoms with Gasteiger partial charge in [-0.05, 0) is 38.5 Å². The van der Waals surface area contributed by atoms with Crippen LogP contribution in [0, 0.1) is 0 Å². The Kier molecular flexibility index (Phi) is 7.39. The molecule has 1 unspecified atom stereocenters. The predicted molar refractivity (Wildman–Crippen MR) is 103 cm³/mol. The lowest BCUT2D eigenvalue weighted by molar-refractivity contribution is -0.130. The lowest BCUT2D eigenvalue weighted by Crippen LogP contribution is -2.49. The Bertz CT molecular complexity index is 421. The van der Waals surface area contributed by atoms with Crippen LogP contribution in [0.2, 0.25) is 0 Å². The third-order valence-electron chi connectivity index (χ3n) is 4.96. The topological polar surface area (TPSA) is 60.0 Å². The van der Waals surface area contributed by atoms with Crippen LogP contribution in [0.5, 0.6) is 0 Å². The number of aliphatic imine (C=N–C) groups is 1. The van der Waals surface area contributed by atoms with Crippen molar-refractivity contribution in [1.29, 1.82) is 0 Å². The Balaban J connectivity index is 0.00000192. The molecule has 1 saturated carbocycles. The first-order chi connectivity index (χ1) is 10.8. The van der Waals surface area contributed by atoms with Gasteiger partial charge in [-0.1, -0.05) is 0 Å². The second kappa shape index (κ2) is 9.05. The van der Waals surface area contributed by atoms with E-state index in [0.29, 0.717) is 12.6 Å². The van der Waals surface area contributed by atoms with Gasteiger partial charge in [-0.25, -0.2) is 0 Å². The van der Waals surface area contributed by atoms with E-state index < -0.39 is 0 Å². The molecule has 2 aliphatic heterocycles. The smallest absolute Gasteiger partial charge is 0.241 e. The van der Waals surface area contributed by atoms with Crippen molar-refractivity contribution in [2.24, 2.45) is 4.99 Å². The van der Waals surface area contributed by atoms with Crippen LogP contribution in [0.4, 0.5) is 0 Å². The maximum Gasteiger partial charge on any atom is 0.241 e. The molecule has 7 heteroatoms. The summed E-state index contributed by atoms with van der Waals surface area (Å²) in [5.41, 5.74) is 0.